The molecule has 1 unspecified atom stereocenters. The van der Waals surface area contributed by atoms with Crippen molar-refractivity contribution >= 4 is 56.9 Å². The molecule has 1 atom stereocenters. The number of nitrogens with zero attached hydrogens (tertiary/aromatic N) is 3. The van der Waals surface area contributed by atoms with Crippen LogP contribution in [0.4, 0.5) is 28.7 Å². The van der Waals surface area contributed by atoms with Crippen molar-refractivity contribution in [1.82, 2.24) is 9.97 Å². The standard InChI is InChI=1S/C30H27N5O6S/c1-39-24-16-21(17-25(18-24)40-2)32-29-30(34-27-14-7-6-13-26(27)33-29)35(42(37)38)22-10-8-9-20(15-22)31-28(36)19-41-23-11-4-3-5-12-23/h3-18H,19H2,1-2H3,(H,31,36)(H,32,33)(H,37,38). The molecule has 0 aliphatic carbocycles. The number of ether oxygens (including phenoxy) is 3. The van der Waals surface area contributed by atoms with Gasteiger partial charge in [0, 0.05) is 29.6 Å². The van der Waals surface area contributed by atoms with Gasteiger partial charge >= 0.3 is 0 Å². The molecular formula is C30H27N5O6S. The lowest BCUT2D eigenvalue weighted by Gasteiger charge is -2.23. The van der Waals surface area contributed by atoms with Crippen LogP contribution < -0.4 is 29.1 Å². The van der Waals surface area contributed by atoms with Gasteiger partial charge in [0.15, 0.2) is 18.2 Å². The molecule has 12 heteroatoms. The molecule has 0 bridgehead atoms. The van der Waals surface area contributed by atoms with Gasteiger partial charge in [-0.25, -0.2) is 18.5 Å². The van der Waals surface area contributed by atoms with Crippen molar-refractivity contribution in [2.45, 2.75) is 0 Å². The van der Waals surface area contributed by atoms with Gasteiger partial charge in [0.2, 0.25) is 0 Å². The average Bonchev–Trinajstić information content (AvgIpc) is 3.00. The third-order valence-electron chi connectivity index (χ3n) is 5.99. The quantitative estimate of drug-likeness (QED) is 0.167. The molecule has 0 saturated carbocycles. The van der Waals surface area contributed by atoms with E-state index in [0.717, 1.165) is 4.31 Å². The lowest BCUT2D eigenvalue weighted by atomic mass is 10.2. The Kier molecular flexibility index (Phi) is 8.75. The van der Waals surface area contributed by atoms with Gasteiger partial charge in [-0.1, -0.05) is 36.4 Å². The Morgan fingerprint density at radius 3 is 2.14 bits per heavy atom. The number of benzene rings is 4. The van der Waals surface area contributed by atoms with Crippen molar-refractivity contribution in [2.75, 3.05) is 35.8 Å². The van der Waals surface area contributed by atoms with E-state index in [4.69, 9.17) is 19.2 Å². The highest BCUT2D eigenvalue weighted by molar-refractivity contribution is 7.81. The van der Waals surface area contributed by atoms with Crippen LogP contribution in [0.2, 0.25) is 0 Å². The Morgan fingerprint density at radius 1 is 0.810 bits per heavy atom. The van der Waals surface area contributed by atoms with Gasteiger partial charge in [-0.05, 0) is 42.5 Å². The number of para-hydroxylation sites is 3. The monoisotopic (exact) mass is 585 g/mol. The number of amides is 1. The number of hydrogen-bond donors (Lipinski definition) is 3. The molecule has 0 saturated heterocycles. The van der Waals surface area contributed by atoms with E-state index in [1.165, 1.54) is 14.2 Å². The van der Waals surface area contributed by atoms with Crippen molar-refractivity contribution in [2.24, 2.45) is 0 Å². The van der Waals surface area contributed by atoms with E-state index in [2.05, 4.69) is 15.6 Å². The molecule has 5 aromatic rings. The van der Waals surface area contributed by atoms with Crippen LogP contribution in [-0.2, 0) is 16.1 Å². The molecule has 1 heterocycles. The van der Waals surface area contributed by atoms with E-state index in [-0.39, 0.29) is 23.9 Å². The Morgan fingerprint density at radius 2 is 1.48 bits per heavy atom. The van der Waals surface area contributed by atoms with Crippen LogP contribution in [0.15, 0.2) is 97.1 Å². The minimum atomic E-state index is -2.57. The largest absolute Gasteiger partial charge is 0.497 e. The van der Waals surface area contributed by atoms with E-state index in [0.29, 0.717) is 39.7 Å². The highest BCUT2D eigenvalue weighted by atomic mass is 32.2. The Labute approximate surface area is 244 Å². The van der Waals surface area contributed by atoms with Gasteiger partial charge in [-0.2, -0.15) is 0 Å². The maximum Gasteiger partial charge on any atom is 0.268 e. The van der Waals surface area contributed by atoms with Crippen LogP contribution in [-0.4, -0.2) is 45.5 Å². The SMILES string of the molecule is COc1cc(Nc2nc3ccccc3nc2N(c2cccc(NC(=O)COc3ccccc3)c2)S(=O)O)cc(OC)c1. The van der Waals surface area contributed by atoms with Crippen molar-refractivity contribution < 1.29 is 27.8 Å². The number of anilines is 5. The lowest BCUT2D eigenvalue weighted by molar-refractivity contribution is -0.118. The molecule has 11 nitrogen and oxygen atoms in total. The molecule has 42 heavy (non-hydrogen) atoms. The highest BCUT2D eigenvalue weighted by Gasteiger charge is 2.24. The van der Waals surface area contributed by atoms with Gasteiger partial charge in [-0.15, -0.1) is 0 Å². The first-order valence-electron chi connectivity index (χ1n) is 12.7. The van der Waals surface area contributed by atoms with Crippen molar-refractivity contribution in [3.63, 3.8) is 0 Å². The second-order valence-corrected chi connectivity index (χ2v) is 9.66. The summed E-state index contributed by atoms with van der Waals surface area (Å²) >= 11 is -2.57. The Bertz CT molecular complexity index is 1710. The Balaban J connectivity index is 1.49. The van der Waals surface area contributed by atoms with Crippen LogP contribution in [0, 0.1) is 0 Å². The predicted molar refractivity (Wildman–Crippen MR) is 162 cm³/mol. The van der Waals surface area contributed by atoms with E-state index < -0.39 is 17.2 Å². The molecule has 1 amide bonds. The summed E-state index contributed by atoms with van der Waals surface area (Å²) in [6, 6.07) is 27.8. The molecular weight excluding hydrogens is 558 g/mol. The lowest BCUT2D eigenvalue weighted by Crippen LogP contribution is -2.23. The molecule has 3 N–H and O–H groups in total. The number of nitrogens with one attached hydrogen (secondary N) is 2. The summed E-state index contributed by atoms with van der Waals surface area (Å²) in [5.74, 6) is 1.52. The second kappa shape index (κ2) is 13.0. The maximum absolute atomic E-state index is 12.8. The second-order valence-electron chi connectivity index (χ2n) is 8.84. The minimum Gasteiger partial charge on any atom is -0.497 e. The predicted octanol–water partition coefficient (Wildman–Crippen LogP) is 5.68. The summed E-state index contributed by atoms with van der Waals surface area (Å²) in [6.07, 6.45) is 0. The summed E-state index contributed by atoms with van der Waals surface area (Å²) in [5.41, 5.74) is 2.32. The molecule has 0 fully saturated rings. The van der Waals surface area contributed by atoms with Crippen LogP contribution in [0.5, 0.6) is 17.2 Å². The van der Waals surface area contributed by atoms with E-state index in [9.17, 15) is 13.6 Å². The highest BCUT2D eigenvalue weighted by Crippen LogP contribution is 2.36. The maximum atomic E-state index is 12.8. The van der Waals surface area contributed by atoms with E-state index in [1.54, 1.807) is 72.8 Å². The normalized spacial score (nSPS) is 11.4. The van der Waals surface area contributed by atoms with Crippen LogP contribution in [0.25, 0.3) is 11.0 Å². The molecule has 1 aromatic heterocycles. The molecule has 4 aromatic carbocycles. The van der Waals surface area contributed by atoms with Crippen molar-refractivity contribution in [3.05, 3.63) is 97.1 Å². The number of carbonyl (C=O) groups excluding carboxylic acids is 1. The average molecular weight is 586 g/mol. The molecule has 0 radical (unpaired) electrons. The Hall–Kier alpha value is -5.20. The van der Waals surface area contributed by atoms with Crippen molar-refractivity contribution in [3.8, 4) is 17.2 Å². The number of fused-ring (bicyclic) bond motifs is 1. The van der Waals surface area contributed by atoms with Gasteiger partial charge in [0.25, 0.3) is 17.2 Å². The number of carbonyl (C=O) groups is 1. The zero-order valence-corrected chi connectivity index (χ0v) is 23.5. The first kappa shape index (κ1) is 28.3. The third kappa shape index (κ3) is 6.74. The number of hydrogen-bond acceptors (Lipinski definition) is 8. The number of rotatable bonds is 11. The van der Waals surface area contributed by atoms with Gasteiger partial charge in [0.1, 0.15) is 17.2 Å². The third-order valence-corrected chi connectivity index (χ3v) is 6.69. The van der Waals surface area contributed by atoms with Crippen LogP contribution in [0.1, 0.15) is 0 Å². The van der Waals surface area contributed by atoms with Crippen molar-refractivity contribution in [1.29, 1.82) is 0 Å². The van der Waals surface area contributed by atoms with E-state index >= 15 is 0 Å². The smallest absolute Gasteiger partial charge is 0.268 e. The first-order chi connectivity index (χ1) is 20.4. The summed E-state index contributed by atoms with van der Waals surface area (Å²) in [4.78, 5) is 22.0. The molecule has 0 spiro atoms. The summed E-state index contributed by atoms with van der Waals surface area (Å²) < 4.78 is 40.7. The van der Waals surface area contributed by atoms with E-state index in [1.807, 2.05) is 24.3 Å². The van der Waals surface area contributed by atoms with Gasteiger partial charge in [0.05, 0.1) is 30.9 Å². The molecule has 0 aliphatic heterocycles. The zero-order chi connectivity index (χ0) is 29.5. The zero-order valence-electron chi connectivity index (χ0n) is 22.7. The topological polar surface area (TPSA) is 135 Å². The summed E-state index contributed by atoms with van der Waals surface area (Å²) in [7, 11) is 3.08. The van der Waals surface area contributed by atoms with Gasteiger partial charge < -0.3 is 24.8 Å². The molecule has 5 rings (SSSR count). The molecule has 0 aliphatic rings. The fraction of sp³-hybridized carbons (Fsp3) is 0.100. The first-order valence-corrected chi connectivity index (χ1v) is 13.8. The fourth-order valence-corrected chi connectivity index (χ4v) is 4.66. The summed E-state index contributed by atoms with van der Waals surface area (Å²) in [6.45, 7) is -0.210. The number of aromatic nitrogens is 2. The van der Waals surface area contributed by atoms with Crippen LogP contribution >= 0.6 is 0 Å². The van der Waals surface area contributed by atoms with Crippen LogP contribution in [0.3, 0.4) is 0 Å². The minimum absolute atomic E-state index is 0.0761. The van der Waals surface area contributed by atoms with Gasteiger partial charge in [-0.3, -0.25) is 9.35 Å². The summed E-state index contributed by atoms with van der Waals surface area (Å²) in [5, 5.41) is 5.95. The number of methoxy groups -OCH3 is 2. The molecule has 214 valence electrons. The fourth-order valence-electron chi connectivity index (χ4n) is 4.09.